The number of hydrogen-bond donors (Lipinski definition) is 1. The van der Waals surface area contributed by atoms with Crippen LogP contribution in [0.1, 0.15) is 12.5 Å². The first-order valence-corrected chi connectivity index (χ1v) is 7.22. The molecule has 110 valence electrons. The van der Waals surface area contributed by atoms with Crippen LogP contribution in [-0.2, 0) is 4.79 Å². The molecular weight excluding hydrogens is 309 g/mol. The number of halogens is 2. The van der Waals surface area contributed by atoms with Crippen molar-refractivity contribution in [2.24, 2.45) is 0 Å². The van der Waals surface area contributed by atoms with Gasteiger partial charge in [0.1, 0.15) is 5.75 Å². The zero-order chi connectivity index (χ0) is 15.4. The third kappa shape index (κ3) is 3.90. The van der Waals surface area contributed by atoms with Gasteiger partial charge < -0.3 is 10.1 Å². The van der Waals surface area contributed by atoms with Crippen molar-refractivity contribution in [3.05, 3.63) is 58.1 Å². The highest BCUT2D eigenvalue weighted by molar-refractivity contribution is 6.32. The van der Waals surface area contributed by atoms with Crippen LogP contribution in [0.2, 0.25) is 10.0 Å². The highest BCUT2D eigenvalue weighted by Crippen LogP contribution is 2.25. The molecule has 2 aromatic rings. The molecule has 0 aliphatic rings. The van der Waals surface area contributed by atoms with Gasteiger partial charge in [-0.1, -0.05) is 41.4 Å². The summed E-state index contributed by atoms with van der Waals surface area (Å²) in [5.41, 5.74) is 1.49. The van der Waals surface area contributed by atoms with E-state index in [-0.39, 0.29) is 5.91 Å². The van der Waals surface area contributed by atoms with Gasteiger partial charge in [0.2, 0.25) is 0 Å². The molecule has 1 amide bonds. The van der Waals surface area contributed by atoms with Crippen molar-refractivity contribution < 1.29 is 9.53 Å². The number of benzene rings is 2. The summed E-state index contributed by atoms with van der Waals surface area (Å²) < 4.78 is 5.57. The summed E-state index contributed by atoms with van der Waals surface area (Å²) in [7, 11) is 0. The van der Waals surface area contributed by atoms with E-state index in [1.807, 2.05) is 6.92 Å². The van der Waals surface area contributed by atoms with Crippen LogP contribution in [0.5, 0.6) is 5.75 Å². The Kier molecular flexibility index (Phi) is 5.10. The van der Waals surface area contributed by atoms with Crippen molar-refractivity contribution in [2.45, 2.75) is 20.0 Å². The molecule has 1 N–H and O–H groups in total. The molecule has 0 saturated carbocycles. The fraction of sp³-hybridized carbons (Fsp3) is 0.188. The molecule has 2 rings (SSSR count). The number of carbonyl (C=O) groups is 1. The van der Waals surface area contributed by atoms with Gasteiger partial charge >= 0.3 is 0 Å². The van der Waals surface area contributed by atoms with Crippen LogP contribution in [0.25, 0.3) is 0 Å². The minimum atomic E-state index is -0.678. The minimum absolute atomic E-state index is 0.264. The number of carbonyl (C=O) groups excluding carboxylic acids is 1. The fourth-order valence-electron chi connectivity index (χ4n) is 1.76. The van der Waals surface area contributed by atoms with E-state index in [0.29, 0.717) is 21.5 Å². The number of anilines is 1. The van der Waals surface area contributed by atoms with Crippen LogP contribution >= 0.6 is 23.2 Å². The molecule has 0 fully saturated rings. The van der Waals surface area contributed by atoms with Gasteiger partial charge in [-0.25, -0.2) is 0 Å². The Morgan fingerprint density at radius 2 is 1.76 bits per heavy atom. The Bertz CT molecular complexity index is 658. The molecule has 0 radical (unpaired) electrons. The van der Waals surface area contributed by atoms with Gasteiger partial charge in [0.25, 0.3) is 5.91 Å². The predicted molar refractivity (Wildman–Crippen MR) is 86.4 cm³/mol. The lowest BCUT2D eigenvalue weighted by atomic mass is 10.2. The number of para-hydroxylation sites is 1. The van der Waals surface area contributed by atoms with Crippen LogP contribution in [0.4, 0.5) is 5.69 Å². The van der Waals surface area contributed by atoms with E-state index in [1.165, 1.54) is 0 Å². The van der Waals surface area contributed by atoms with Gasteiger partial charge in [0.15, 0.2) is 6.10 Å². The fourth-order valence-corrected chi connectivity index (χ4v) is 2.12. The molecule has 3 nitrogen and oxygen atoms in total. The molecule has 0 spiro atoms. The lowest BCUT2D eigenvalue weighted by Crippen LogP contribution is -2.30. The van der Waals surface area contributed by atoms with Crippen molar-refractivity contribution >= 4 is 34.8 Å². The highest BCUT2D eigenvalue weighted by atomic mass is 35.5. The quantitative estimate of drug-likeness (QED) is 0.885. The zero-order valence-electron chi connectivity index (χ0n) is 11.7. The van der Waals surface area contributed by atoms with Gasteiger partial charge in [-0.3, -0.25) is 4.79 Å². The van der Waals surface area contributed by atoms with E-state index >= 15 is 0 Å². The maximum atomic E-state index is 12.2. The van der Waals surface area contributed by atoms with E-state index < -0.39 is 6.10 Å². The van der Waals surface area contributed by atoms with E-state index in [9.17, 15) is 4.79 Å². The van der Waals surface area contributed by atoms with Crippen LogP contribution < -0.4 is 10.1 Å². The molecular formula is C16H15Cl2NO2. The molecule has 0 aromatic heterocycles. The Balaban J connectivity index is 2.06. The van der Waals surface area contributed by atoms with Crippen molar-refractivity contribution in [2.75, 3.05) is 5.32 Å². The molecule has 2 aromatic carbocycles. The van der Waals surface area contributed by atoms with Crippen molar-refractivity contribution in [3.63, 3.8) is 0 Å². The summed E-state index contributed by atoms with van der Waals surface area (Å²) in [5.74, 6) is 0.213. The average Bonchev–Trinajstić information content (AvgIpc) is 2.46. The first-order valence-electron chi connectivity index (χ1n) is 6.46. The maximum absolute atomic E-state index is 12.2. The second-order valence-electron chi connectivity index (χ2n) is 4.59. The molecule has 21 heavy (non-hydrogen) atoms. The predicted octanol–water partition coefficient (Wildman–Crippen LogP) is 4.71. The van der Waals surface area contributed by atoms with E-state index in [1.54, 1.807) is 49.4 Å². The molecule has 5 heteroatoms. The van der Waals surface area contributed by atoms with Gasteiger partial charge in [-0.2, -0.15) is 0 Å². The molecule has 0 heterocycles. The number of ether oxygens (including phenoxy) is 1. The summed E-state index contributed by atoms with van der Waals surface area (Å²) in [6, 6.07) is 12.4. The first kappa shape index (κ1) is 15.7. The van der Waals surface area contributed by atoms with Gasteiger partial charge in [-0.05, 0) is 43.7 Å². The second-order valence-corrected chi connectivity index (χ2v) is 5.41. The molecule has 0 bridgehead atoms. The molecule has 0 aliphatic carbocycles. The molecule has 1 atom stereocenters. The third-order valence-corrected chi connectivity index (χ3v) is 3.76. The van der Waals surface area contributed by atoms with Crippen LogP contribution in [0.3, 0.4) is 0 Å². The average molecular weight is 324 g/mol. The molecule has 0 aliphatic heterocycles. The van der Waals surface area contributed by atoms with Crippen molar-refractivity contribution in [1.29, 1.82) is 0 Å². The maximum Gasteiger partial charge on any atom is 0.265 e. The Hall–Kier alpha value is -1.71. The third-order valence-electron chi connectivity index (χ3n) is 3.04. The summed E-state index contributed by atoms with van der Waals surface area (Å²) in [4.78, 5) is 12.2. The van der Waals surface area contributed by atoms with E-state index in [4.69, 9.17) is 27.9 Å². The Morgan fingerprint density at radius 3 is 2.48 bits per heavy atom. The van der Waals surface area contributed by atoms with Gasteiger partial charge in [0.05, 0.1) is 5.02 Å². The van der Waals surface area contributed by atoms with Crippen LogP contribution in [0.15, 0.2) is 42.5 Å². The lowest BCUT2D eigenvalue weighted by molar-refractivity contribution is -0.122. The van der Waals surface area contributed by atoms with Crippen molar-refractivity contribution in [1.82, 2.24) is 0 Å². The van der Waals surface area contributed by atoms with E-state index in [0.717, 1.165) is 5.56 Å². The summed E-state index contributed by atoms with van der Waals surface area (Å²) >= 11 is 12.0. The van der Waals surface area contributed by atoms with Crippen molar-refractivity contribution in [3.8, 4) is 5.75 Å². The second kappa shape index (κ2) is 6.83. The standard InChI is InChI=1S/C16H15Cl2NO2/c1-10-12(17)7-5-8-14(10)19-16(20)11(2)21-15-9-4-3-6-13(15)18/h3-9,11H,1-2H3,(H,19,20)/t11-/m0/s1. The SMILES string of the molecule is Cc1c(Cl)cccc1NC(=O)[C@H](C)Oc1ccccc1Cl. The minimum Gasteiger partial charge on any atom is -0.479 e. The summed E-state index contributed by atoms with van der Waals surface area (Å²) in [6.45, 7) is 3.51. The Labute approximate surface area is 133 Å². The number of hydrogen-bond acceptors (Lipinski definition) is 2. The lowest BCUT2D eigenvalue weighted by Gasteiger charge is -2.16. The summed E-state index contributed by atoms with van der Waals surface area (Å²) in [5, 5.41) is 3.87. The number of nitrogens with one attached hydrogen (secondary N) is 1. The normalized spacial score (nSPS) is 11.8. The van der Waals surface area contributed by atoms with E-state index in [2.05, 4.69) is 5.32 Å². The van der Waals surface area contributed by atoms with Crippen LogP contribution in [-0.4, -0.2) is 12.0 Å². The first-order chi connectivity index (χ1) is 9.99. The molecule has 0 unspecified atom stereocenters. The number of amides is 1. The van der Waals surface area contributed by atoms with Gasteiger partial charge in [0, 0.05) is 10.7 Å². The van der Waals surface area contributed by atoms with Gasteiger partial charge in [-0.15, -0.1) is 0 Å². The van der Waals surface area contributed by atoms with Crippen LogP contribution in [0, 0.1) is 6.92 Å². The summed E-state index contributed by atoms with van der Waals surface area (Å²) in [6.07, 6.45) is -0.678. The number of rotatable bonds is 4. The zero-order valence-corrected chi connectivity index (χ0v) is 13.2. The molecule has 0 saturated heterocycles. The highest BCUT2D eigenvalue weighted by Gasteiger charge is 2.17. The Morgan fingerprint density at radius 1 is 1.10 bits per heavy atom. The largest absolute Gasteiger partial charge is 0.479 e. The topological polar surface area (TPSA) is 38.3 Å². The smallest absolute Gasteiger partial charge is 0.265 e. The monoisotopic (exact) mass is 323 g/mol.